The van der Waals surface area contributed by atoms with Crippen LogP contribution >= 0.6 is 0 Å². The summed E-state index contributed by atoms with van der Waals surface area (Å²) >= 11 is 0. The Morgan fingerprint density at radius 3 is 2.62 bits per heavy atom. The second-order valence-corrected chi connectivity index (χ2v) is 4.93. The molecule has 0 saturated heterocycles. The van der Waals surface area contributed by atoms with E-state index < -0.39 is 29.3 Å². The Labute approximate surface area is 121 Å². The topological polar surface area (TPSA) is 78.4 Å². The minimum atomic E-state index is -0.907. The van der Waals surface area contributed by atoms with Crippen molar-refractivity contribution in [3.05, 3.63) is 29.3 Å². The summed E-state index contributed by atoms with van der Waals surface area (Å²) in [6, 6.07) is 1.62. The van der Waals surface area contributed by atoms with Gasteiger partial charge in [-0.1, -0.05) is 13.0 Å². The van der Waals surface area contributed by atoms with Crippen molar-refractivity contribution in [2.45, 2.75) is 26.7 Å². The maximum atomic E-state index is 13.7. The van der Waals surface area contributed by atoms with Gasteiger partial charge in [-0.2, -0.15) is 0 Å². The average molecular weight is 300 g/mol. The third-order valence-corrected chi connectivity index (χ3v) is 2.98. The number of hydrogen-bond donors (Lipinski definition) is 3. The van der Waals surface area contributed by atoms with E-state index in [1.807, 2.05) is 0 Å². The monoisotopic (exact) mass is 300 g/mol. The predicted octanol–water partition coefficient (Wildman–Crippen LogP) is 2.90. The Kier molecular flexibility index (Phi) is 6.08. The maximum absolute atomic E-state index is 13.7. The lowest BCUT2D eigenvalue weighted by atomic mass is 10.1. The summed E-state index contributed by atoms with van der Waals surface area (Å²) in [5, 5.41) is 13.1. The Balaban J connectivity index is 2.51. The van der Waals surface area contributed by atoms with Gasteiger partial charge in [-0.05, 0) is 30.9 Å². The van der Waals surface area contributed by atoms with Crippen molar-refractivity contribution in [3.8, 4) is 0 Å². The van der Waals surface area contributed by atoms with Gasteiger partial charge >= 0.3 is 12.0 Å². The van der Waals surface area contributed by atoms with Crippen LogP contribution in [-0.2, 0) is 4.79 Å². The number of carbonyl (C=O) groups is 2. The number of rotatable bonds is 6. The highest BCUT2D eigenvalue weighted by Crippen LogP contribution is 2.21. The van der Waals surface area contributed by atoms with Crippen LogP contribution in [0.25, 0.3) is 0 Å². The summed E-state index contributed by atoms with van der Waals surface area (Å²) in [6.07, 6.45) is 0.411. The second kappa shape index (κ2) is 7.56. The molecule has 0 radical (unpaired) electrons. The summed E-state index contributed by atoms with van der Waals surface area (Å²) in [7, 11) is 0. The van der Waals surface area contributed by atoms with Gasteiger partial charge in [0.2, 0.25) is 0 Å². The lowest BCUT2D eigenvalue weighted by Gasteiger charge is -2.13. The molecule has 3 N–H and O–H groups in total. The highest BCUT2D eigenvalue weighted by atomic mass is 19.1. The largest absolute Gasteiger partial charge is 0.481 e. The Hall–Kier alpha value is -2.18. The fraction of sp³-hybridized carbons (Fsp3) is 0.429. The quantitative estimate of drug-likeness (QED) is 0.756. The third-order valence-electron chi connectivity index (χ3n) is 2.98. The molecular formula is C14H18F2N2O3. The molecule has 1 aromatic carbocycles. The average Bonchev–Trinajstić information content (AvgIpc) is 2.43. The SMILES string of the molecule is Cc1ccc(F)c(NC(=O)NCC(C)CCC(=O)O)c1F. The first kappa shape index (κ1) is 16.9. The zero-order chi connectivity index (χ0) is 16.0. The van der Waals surface area contributed by atoms with E-state index in [4.69, 9.17) is 5.11 Å². The van der Waals surface area contributed by atoms with E-state index in [9.17, 15) is 18.4 Å². The maximum Gasteiger partial charge on any atom is 0.319 e. The van der Waals surface area contributed by atoms with E-state index in [2.05, 4.69) is 10.6 Å². The van der Waals surface area contributed by atoms with Crippen LogP contribution in [0.4, 0.5) is 19.3 Å². The number of aryl methyl sites for hydroxylation is 1. The molecule has 0 fully saturated rings. The summed E-state index contributed by atoms with van der Waals surface area (Å²) in [5.41, 5.74) is -0.271. The number of carboxylic acid groups (broad SMARTS) is 1. The molecule has 1 unspecified atom stereocenters. The van der Waals surface area contributed by atoms with Gasteiger partial charge in [-0.25, -0.2) is 13.6 Å². The van der Waals surface area contributed by atoms with Crippen LogP contribution in [0.5, 0.6) is 0 Å². The summed E-state index contributed by atoms with van der Waals surface area (Å²) in [4.78, 5) is 22.0. The first-order valence-corrected chi connectivity index (χ1v) is 6.52. The summed E-state index contributed by atoms with van der Waals surface area (Å²) in [6.45, 7) is 3.46. The molecule has 2 amide bonds. The van der Waals surface area contributed by atoms with E-state index in [1.165, 1.54) is 13.0 Å². The molecule has 7 heteroatoms. The van der Waals surface area contributed by atoms with E-state index in [0.29, 0.717) is 6.42 Å². The van der Waals surface area contributed by atoms with Gasteiger partial charge in [-0.15, -0.1) is 0 Å². The number of urea groups is 1. The van der Waals surface area contributed by atoms with Crippen LogP contribution in [0.15, 0.2) is 12.1 Å². The number of halogens is 2. The normalized spacial score (nSPS) is 11.8. The fourth-order valence-corrected chi connectivity index (χ4v) is 1.67. The third kappa shape index (κ3) is 5.37. The molecule has 0 heterocycles. The molecule has 0 bridgehead atoms. The van der Waals surface area contributed by atoms with Gasteiger partial charge < -0.3 is 15.7 Å². The number of benzene rings is 1. The van der Waals surface area contributed by atoms with E-state index in [1.54, 1.807) is 6.92 Å². The second-order valence-electron chi connectivity index (χ2n) is 4.93. The van der Waals surface area contributed by atoms with Crippen LogP contribution in [0, 0.1) is 24.5 Å². The number of nitrogens with one attached hydrogen (secondary N) is 2. The Morgan fingerprint density at radius 1 is 1.33 bits per heavy atom. The summed E-state index contributed by atoms with van der Waals surface area (Å²) in [5.74, 6) is -2.63. The minimum absolute atomic E-state index is 0.00556. The molecule has 0 aliphatic rings. The molecule has 1 atom stereocenters. The van der Waals surface area contributed by atoms with E-state index in [-0.39, 0.29) is 24.4 Å². The first-order valence-electron chi connectivity index (χ1n) is 6.52. The van der Waals surface area contributed by atoms with Crippen molar-refractivity contribution < 1.29 is 23.5 Å². The highest BCUT2D eigenvalue weighted by Gasteiger charge is 2.14. The van der Waals surface area contributed by atoms with Crippen molar-refractivity contribution in [1.82, 2.24) is 5.32 Å². The molecule has 5 nitrogen and oxygen atoms in total. The molecule has 0 aromatic heterocycles. The fourth-order valence-electron chi connectivity index (χ4n) is 1.67. The smallest absolute Gasteiger partial charge is 0.319 e. The molecule has 1 aromatic rings. The van der Waals surface area contributed by atoms with Crippen molar-refractivity contribution in [2.24, 2.45) is 5.92 Å². The molecule has 0 spiro atoms. The first-order chi connectivity index (χ1) is 9.81. The lowest BCUT2D eigenvalue weighted by Crippen LogP contribution is -2.33. The molecule has 0 saturated carbocycles. The minimum Gasteiger partial charge on any atom is -0.481 e. The lowest BCUT2D eigenvalue weighted by molar-refractivity contribution is -0.137. The summed E-state index contributed by atoms with van der Waals surface area (Å²) < 4.78 is 27.1. The zero-order valence-corrected chi connectivity index (χ0v) is 11.9. The molecule has 116 valence electrons. The number of aliphatic carboxylic acids is 1. The molecule has 0 aliphatic carbocycles. The Morgan fingerprint density at radius 2 is 2.00 bits per heavy atom. The number of carbonyl (C=O) groups excluding carboxylic acids is 1. The predicted molar refractivity (Wildman–Crippen MR) is 74.2 cm³/mol. The van der Waals surface area contributed by atoms with Gasteiger partial charge in [0.1, 0.15) is 11.5 Å². The van der Waals surface area contributed by atoms with Gasteiger partial charge in [0.05, 0.1) is 0 Å². The van der Waals surface area contributed by atoms with Crippen molar-refractivity contribution in [3.63, 3.8) is 0 Å². The standard InChI is InChI=1S/C14H18F2N2O3/c1-8(3-6-11(19)20)7-17-14(21)18-13-10(15)5-4-9(2)12(13)16/h4-5,8H,3,6-7H2,1-2H3,(H,19,20)(H2,17,18,21). The number of anilines is 1. The number of hydrogen-bond acceptors (Lipinski definition) is 2. The van der Waals surface area contributed by atoms with Crippen molar-refractivity contribution >= 4 is 17.7 Å². The highest BCUT2D eigenvalue weighted by molar-refractivity contribution is 5.89. The van der Waals surface area contributed by atoms with Crippen molar-refractivity contribution in [2.75, 3.05) is 11.9 Å². The van der Waals surface area contributed by atoms with E-state index >= 15 is 0 Å². The molecule has 0 aliphatic heterocycles. The van der Waals surface area contributed by atoms with Crippen LogP contribution in [0.3, 0.4) is 0 Å². The van der Waals surface area contributed by atoms with Gasteiger partial charge in [0, 0.05) is 13.0 Å². The molecular weight excluding hydrogens is 282 g/mol. The molecule has 21 heavy (non-hydrogen) atoms. The Bertz CT molecular complexity index is 535. The van der Waals surface area contributed by atoms with Crippen molar-refractivity contribution in [1.29, 1.82) is 0 Å². The van der Waals surface area contributed by atoms with Crippen LogP contribution in [0.1, 0.15) is 25.3 Å². The van der Waals surface area contributed by atoms with Gasteiger partial charge in [-0.3, -0.25) is 4.79 Å². The number of amides is 2. The van der Waals surface area contributed by atoms with E-state index in [0.717, 1.165) is 6.07 Å². The molecule has 1 rings (SSSR count). The number of carboxylic acids is 1. The van der Waals surface area contributed by atoms with Gasteiger partial charge in [0.15, 0.2) is 5.82 Å². The zero-order valence-electron chi connectivity index (χ0n) is 11.9. The van der Waals surface area contributed by atoms with Crippen LogP contribution in [-0.4, -0.2) is 23.7 Å². The van der Waals surface area contributed by atoms with Gasteiger partial charge in [0.25, 0.3) is 0 Å². The van der Waals surface area contributed by atoms with Crippen LogP contribution < -0.4 is 10.6 Å². The van der Waals surface area contributed by atoms with Crippen LogP contribution in [0.2, 0.25) is 0 Å².